The van der Waals surface area contributed by atoms with Crippen molar-refractivity contribution in [2.24, 2.45) is 10.9 Å². The number of carbonyl (C=O) groups excluding carboxylic acids is 1. The number of amidine groups is 1. The fourth-order valence-corrected chi connectivity index (χ4v) is 4.77. The Kier molecular flexibility index (Phi) is 4.19. The first-order chi connectivity index (χ1) is 17.2. The van der Waals surface area contributed by atoms with Crippen molar-refractivity contribution >= 4 is 39.5 Å². The molecular weight excluding hydrogens is 440 g/mol. The molecule has 170 valence electrons. The Balaban J connectivity index is 1.47. The molecule has 35 heavy (non-hydrogen) atoms. The molecular formula is C26H20N8O. The number of nitrogens with one attached hydrogen (secondary N) is 3. The van der Waals surface area contributed by atoms with Gasteiger partial charge in [0.2, 0.25) is 5.91 Å². The topological polar surface area (TPSA) is 125 Å². The molecule has 9 heteroatoms. The smallest absolute Gasteiger partial charge is 0.240 e. The second-order valence-corrected chi connectivity index (χ2v) is 8.97. The number of nitrogens with zero attached hydrogens (tertiary/aromatic N) is 5. The highest BCUT2D eigenvalue weighted by molar-refractivity contribution is 6.36. The quantitative estimate of drug-likeness (QED) is 0.431. The van der Waals surface area contributed by atoms with Crippen LogP contribution < -0.4 is 5.32 Å². The number of pyridine rings is 1. The molecule has 4 aromatic rings. The van der Waals surface area contributed by atoms with Gasteiger partial charge in [-0.1, -0.05) is 12.1 Å². The molecule has 1 saturated carbocycles. The van der Waals surface area contributed by atoms with E-state index in [1.165, 1.54) is 0 Å². The number of hydrogen-bond acceptors (Lipinski definition) is 6. The average Bonchev–Trinajstić information content (AvgIpc) is 3.41. The van der Waals surface area contributed by atoms with Crippen molar-refractivity contribution in [1.82, 2.24) is 30.3 Å². The molecule has 0 bridgehead atoms. The number of fused-ring (bicyclic) bond motifs is 2. The van der Waals surface area contributed by atoms with Gasteiger partial charge < -0.3 is 10.7 Å². The van der Waals surface area contributed by atoms with E-state index in [2.05, 4.69) is 25.6 Å². The molecule has 9 nitrogen and oxygen atoms in total. The van der Waals surface area contributed by atoms with Crippen LogP contribution in [0.25, 0.3) is 22.0 Å². The lowest BCUT2D eigenvalue weighted by Gasteiger charge is -2.30. The molecule has 1 atom stereocenters. The van der Waals surface area contributed by atoms with Crippen molar-refractivity contribution in [2.45, 2.75) is 18.9 Å². The van der Waals surface area contributed by atoms with Crippen LogP contribution in [0.15, 0.2) is 78.1 Å². The molecule has 4 heterocycles. The van der Waals surface area contributed by atoms with Gasteiger partial charge in [-0.25, -0.2) is 4.99 Å². The van der Waals surface area contributed by atoms with Gasteiger partial charge in [0.25, 0.3) is 0 Å². The number of H-pyrrole nitrogens is 1. The van der Waals surface area contributed by atoms with Gasteiger partial charge in [0, 0.05) is 46.2 Å². The van der Waals surface area contributed by atoms with Gasteiger partial charge >= 0.3 is 0 Å². The largest absolute Gasteiger partial charge is 0.309 e. The molecule has 3 N–H and O–H groups in total. The first-order valence-electron chi connectivity index (χ1n) is 11.5. The number of aliphatic imine (C=N–C) groups is 1. The minimum absolute atomic E-state index is 0.207. The first kappa shape index (κ1) is 19.8. The van der Waals surface area contributed by atoms with E-state index in [-0.39, 0.29) is 11.6 Å². The average molecular weight is 461 g/mol. The summed E-state index contributed by atoms with van der Waals surface area (Å²) in [5, 5.41) is 24.6. The summed E-state index contributed by atoms with van der Waals surface area (Å²) >= 11 is 0. The van der Waals surface area contributed by atoms with Crippen molar-refractivity contribution in [3.05, 3.63) is 89.8 Å². The van der Waals surface area contributed by atoms with Crippen LogP contribution in [0, 0.1) is 11.3 Å². The lowest BCUT2D eigenvalue weighted by atomic mass is 9.79. The number of carbonyl (C=O) groups is 1. The van der Waals surface area contributed by atoms with Crippen LogP contribution in [-0.4, -0.2) is 42.4 Å². The lowest BCUT2D eigenvalue weighted by Crippen LogP contribution is -2.45. The molecule has 1 unspecified atom stereocenters. The van der Waals surface area contributed by atoms with E-state index in [0.29, 0.717) is 28.7 Å². The third kappa shape index (κ3) is 3.16. The number of aromatic amines is 1. The van der Waals surface area contributed by atoms with Gasteiger partial charge in [-0.15, -0.1) is 0 Å². The Morgan fingerprint density at radius 3 is 2.80 bits per heavy atom. The molecule has 0 radical (unpaired) electrons. The fraction of sp³-hybridized carbons (Fsp3) is 0.154. The van der Waals surface area contributed by atoms with Crippen molar-refractivity contribution in [3.8, 4) is 0 Å². The summed E-state index contributed by atoms with van der Waals surface area (Å²) in [6, 6.07) is 9.91. The molecule has 7 rings (SSSR count). The van der Waals surface area contributed by atoms with Gasteiger partial charge in [-0.3, -0.25) is 19.6 Å². The third-order valence-electron chi connectivity index (χ3n) is 6.70. The number of amides is 1. The van der Waals surface area contributed by atoms with E-state index >= 15 is 0 Å². The fourth-order valence-electron chi connectivity index (χ4n) is 4.77. The van der Waals surface area contributed by atoms with E-state index < -0.39 is 5.92 Å². The summed E-state index contributed by atoms with van der Waals surface area (Å²) in [5.74, 6) is -0.684. The van der Waals surface area contributed by atoms with Crippen LogP contribution in [0.4, 0.5) is 0 Å². The summed E-state index contributed by atoms with van der Waals surface area (Å²) in [7, 11) is 0. The van der Waals surface area contributed by atoms with E-state index in [1.807, 2.05) is 47.4 Å². The van der Waals surface area contributed by atoms with Crippen molar-refractivity contribution < 1.29 is 4.79 Å². The zero-order chi connectivity index (χ0) is 23.5. The van der Waals surface area contributed by atoms with Crippen LogP contribution in [-0.2, 0) is 4.79 Å². The monoisotopic (exact) mass is 460 g/mol. The van der Waals surface area contributed by atoms with Gasteiger partial charge in [-0.2, -0.15) is 10.2 Å². The van der Waals surface area contributed by atoms with E-state index in [9.17, 15) is 4.79 Å². The Bertz CT molecular complexity index is 1620. The highest BCUT2D eigenvalue weighted by Crippen LogP contribution is 2.41. The molecule has 0 saturated heterocycles. The molecule has 1 amide bonds. The summed E-state index contributed by atoms with van der Waals surface area (Å²) in [5.41, 5.74) is 5.55. The Hall–Kier alpha value is -4.66. The highest BCUT2D eigenvalue weighted by atomic mass is 16.2. The normalized spacial score (nSPS) is 19.9. The molecule has 2 aliphatic carbocycles. The molecule has 3 aromatic heterocycles. The summed E-state index contributed by atoms with van der Waals surface area (Å²) in [4.78, 5) is 22.5. The summed E-state index contributed by atoms with van der Waals surface area (Å²) in [6.45, 7) is 0. The number of benzene rings is 1. The van der Waals surface area contributed by atoms with Crippen LogP contribution in [0.3, 0.4) is 0 Å². The van der Waals surface area contributed by atoms with Crippen LogP contribution in [0.5, 0.6) is 0 Å². The molecule has 1 aromatic carbocycles. The van der Waals surface area contributed by atoms with Crippen molar-refractivity contribution in [1.29, 1.82) is 5.41 Å². The predicted molar refractivity (Wildman–Crippen MR) is 132 cm³/mol. The zero-order valence-corrected chi connectivity index (χ0v) is 18.6. The minimum atomic E-state index is -0.836. The third-order valence-corrected chi connectivity index (χ3v) is 6.70. The Morgan fingerprint density at radius 2 is 1.97 bits per heavy atom. The second kappa shape index (κ2) is 7.42. The number of rotatable bonds is 4. The summed E-state index contributed by atoms with van der Waals surface area (Å²) < 4.78 is 1.98. The molecule has 0 spiro atoms. The molecule has 1 fully saturated rings. The van der Waals surface area contributed by atoms with Crippen LogP contribution in [0.1, 0.15) is 35.6 Å². The Morgan fingerprint density at radius 1 is 1.06 bits per heavy atom. The maximum Gasteiger partial charge on any atom is 0.240 e. The van der Waals surface area contributed by atoms with Gasteiger partial charge in [0.05, 0.1) is 35.4 Å². The van der Waals surface area contributed by atoms with Gasteiger partial charge in [-0.05, 0) is 42.7 Å². The maximum absolute atomic E-state index is 13.5. The minimum Gasteiger partial charge on any atom is -0.309 e. The second-order valence-electron chi connectivity index (χ2n) is 8.97. The van der Waals surface area contributed by atoms with Crippen molar-refractivity contribution in [2.75, 3.05) is 0 Å². The maximum atomic E-state index is 13.5. The number of hydrogen-bond donors (Lipinski definition) is 3. The van der Waals surface area contributed by atoms with Crippen LogP contribution in [0.2, 0.25) is 0 Å². The van der Waals surface area contributed by atoms with E-state index in [0.717, 1.165) is 40.4 Å². The first-order valence-corrected chi connectivity index (χ1v) is 11.5. The highest BCUT2D eigenvalue weighted by Gasteiger charge is 2.40. The number of aromatic nitrogens is 5. The lowest BCUT2D eigenvalue weighted by molar-refractivity contribution is -0.121. The van der Waals surface area contributed by atoms with Crippen molar-refractivity contribution in [3.63, 3.8) is 0 Å². The van der Waals surface area contributed by atoms with Gasteiger partial charge in [0.15, 0.2) is 0 Å². The standard InChI is InChI=1S/C26H20N8O/c27-23-19(17-4-1-5-21-20(17)12-29-33-21)9-18(15-11-30-34(13-15)16-6-7-16)24-22(23)26(35)32-25(31-24)14-3-2-8-28-10-14/h1-5,8-13,16,22,27H,6-7H2,(H,29,33)(H,31,32,35). The van der Waals surface area contributed by atoms with Gasteiger partial charge in [0.1, 0.15) is 11.8 Å². The van der Waals surface area contributed by atoms with Crippen LogP contribution >= 0.6 is 0 Å². The Labute approximate surface area is 199 Å². The number of allylic oxidation sites excluding steroid dienone is 3. The summed E-state index contributed by atoms with van der Waals surface area (Å²) in [6.07, 6.45) is 13.1. The van der Waals surface area contributed by atoms with E-state index in [1.54, 1.807) is 24.7 Å². The molecule has 1 aliphatic heterocycles. The predicted octanol–water partition coefficient (Wildman–Crippen LogP) is 3.51. The zero-order valence-electron chi connectivity index (χ0n) is 18.6. The SMILES string of the molecule is N=C1C(c2cccc3[nH]ncc23)=CC(c2cnn(C3CC3)c2)=C2N=C(c3cccnc3)NC(=O)C12. The molecule has 3 aliphatic rings. The van der Waals surface area contributed by atoms with E-state index in [4.69, 9.17) is 10.4 Å².